The van der Waals surface area contributed by atoms with Gasteiger partial charge in [0.15, 0.2) is 23.3 Å². The quantitative estimate of drug-likeness (QED) is 0.0364. The molecule has 14 heteroatoms. The molecule has 6 fully saturated rings. The van der Waals surface area contributed by atoms with E-state index in [2.05, 4.69) is 58.6 Å². The van der Waals surface area contributed by atoms with Gasteiger partial charge in [0, 0.05) is 44.4 Å². The third-order valence-corrected chi connectivity index (χ3v) is 17.9. The number of hydrogen-bond donors (Lipinski definition) is 4. The van der Waals surface area contributed by atoms with Gasteiger partial charge in [-0.2, -0.15) is 0 Å². The summed E-state index contributed by atoms with van der Waals surface area (Å²) in [6, 6.07) is 0. The number of carboxylic acid groups (broad SMARTS) is 1. The maximum Gasteiger partial charge on any atom is 0.335 e. The zero-order valence-corrected chi connectivity index (χ0v) is 47.5. The number of fused-ring (bicyclic) bond motifs is 1. The van der Waals surface area contributed by atoms with Crippen molar-refractivity contribution in [1.82, 2.24) is 0 Å². The highest BCUT2D eigenvalue weighted by Crippen LogP contribution is 2.48. The van der Waals surface area contributed by atoms with Gasteiger partial charge in [0.1, 0.15) is 18.3 Å². The van der Waals surface area contributed by atoms with E-state index in [9.17, 15) is 30.0 Å². The molecular formula is C62H100O14. The first-order valence-electron chi connectivity index (χ1n) is 30.3. The molecule has 0 unspecified atom stereocenters. The number of aliphatic carboxylic acids is 1. The Balaban J connectivity index is 0.888. The van der Waals surface area contributed by atoms with Crippen LogP contribution in [0.1, 0.15) is 221 Å². The van der Waals surface area contributed by atoms with Crippen LogP contribution in [0.2, 0.25) is 0 Å². The molecule has 0 saturated carbocycles. The Morgan fingerprint density at radius 1 is 0.868 bits per heavy atom. The lowest BCUT2D eigenvalue weighted by atomic mass is 9.79. The number of ether oxygens (including phenoxy) is 8. The number of esters is 1. The van der Waals surface area contributed by atoms with Crippen molar-refractivity contribution < 1.29 is 67.9 Å². The van der Waals surface area contributed by atoms with Gasteiger partial charge in [-0.3, -0.25) is 4.79 Å². The van der Waals surface area contributed by atoms with Gasteiger partial charge in [-0.1, -0.05) is 116 Å². The van der Waals surface area contributed by atoms with E-state index in [-0.39, 0.29) is 49.0 Å². The number of unbranched alkanes of at least 4 members (excludes halogenated alkanes) is 11. The maximum absolute atomic E-state index is 13.5. The number of hydrogen-bond acceptors (Lipinski definition) is 13. The average molecular weight is 1070 g/mol. The summed E-state index contributed by atoms with van der Waals surface area (Å²) in [5.74, 6) is -4.27. The second kappa shape index (κ2) is 28.3. The highest BCUT2D eigenvalue weighted by Gasteiger charge is 2.55. The molecule has 4 N–H and O–H groups in total. The minimum absolute atomic E-state index is 0.0383. The number of carboxylic acids is 1. The number of aliphatic hydroxyl groups excluding tert-OH is 2. The van der Waals surface area contributed by atoms with E-state index >= 15 is 0 Å². The van der Waals surface area contributed by atoms with Crippen LogP contribution in [-0.4, -0.2) is 123 Å². The molecule has 7 heterocycles. The summed E-state index contributed by atoms with van der Waals surface area (Å²) in [5.41, 5.74) is -0.602. The highest BCUT2D eigenvalue weighted by molar-refractivity contribution is 5.76. The van der Waals surface area contributed by atoms with Gasteiger partial charge in [-0.05, 0) is 127 Å². The Morgan fingerprint density at radius 3 is 2.28 bits per heavy atom. The first kappa shape index (κ1) is 61.1. The molecule has 6 saturated heterocycles. The zero-order valence-electron chi connectivity index (χ0n) is 47.5. The van der Waals surface area contributed by atoms with Crippen molar-refractivity contribution in [3.8, 4) is 0 Å². The molecule has 3 spiro atoms. The van der Waals surface area contributed by atoms with Gasteiger partial charge >= 0.3 is 11.9 Å². The zero-order chi connectivity index (χ0) is 54.5. The van der Waals surface area contributed by atoms with Gasteiger partial charge < -0.3 is 58.3 Å². The molecule has 432 valence electrons. The van der Waals surface area contributed by atoms with Crippen molar-refractivity contribution in [2.45, 2.75) is 305 Å². The van der Waals surface area contributed by atoms with E-state index in [4.69, 9.17) is 37.9 Å². The molecule has 0 aliphatic carbocycles. The minimum Gasteiger partial charge on any atom is -0.479 e. The Labute approximate surface area is 456 Å². The normalized spacial score (nSPS) is 37.1. The second-order valence-electron chi connectivity index (χ2n) is 24.7. The summed E-state index contributed by atoms with van der Waals surface area (Å²) in [6.45, 7) is 16.9. The van der Waals surface area contributed by atoms with Gasteiger partial charge in [0.2, 0.25) is 5.79 Å². The van der Waals surface area contributed by atoms with Crippen LogP contribution in [-0.2, 0) is 47.5 Å². The number of carbonyl (C=O) groups is 2. The average Bonchev–Trinajstić information content (AvgIpc) is 3.80. The van der Waals surface area contributed by atoms with Crippen LogP contribution >= 0.6 is 0 Å². The molecule has 0 aromatic rings. The summed E-state index contributed by atoms with van der Waals surface area (Å²) in [5, 5.41) is 43.9. The number of carbonyl (C=O) groups excluding carboxylic acids is 1. The minimum atomic E-state index is -2.01. The fourth-order valence-corrected chi connectivity index (χ4v) is 13.2. The molecule has 7 rings (SSSR count). The number of aliphatic hydroxyl groups is 3. The smallest absolute Gasteiger partial charge is 0.335 e. The summed E-state index contributed by atoms with van der Waals surface area (Å²) in [6.07, 6.45) is 29.5. The maximum atomic E-state index is 13.5. The monoisotopic (exact) mass is 1070 g/mol. The van der Waals surface area contributed by atoms with Gasteiger partial charge in [-0.15, -0.1) is 0 Å². The highest BCUT2D eigenvalue weighted by atomic mass is 16.7. The standard InChI is InChI=1S/C62H100O14/c1-8-9-10-11-12-13-14-15-16-17-18-19-20-21-22-25-53(64)71-52-29-28-48(41-59(7,68)58(66)67)73-62(52)40-42(2)38-51(74-62)43(3)26-27-47-31-35-61(72-47)36-32-50-57(76-61)54(65)46(6)56(70-50)49(63)39-45(5)55-44(4)30-34-60(75-55)33-23-24-37-69-60/h15-16,26-27,40,43-45,47-52,54-57,63,65,68H,6,8-14,17-25,28-39,41H2,1-5,7H3,(H,66,67)/b16-15-,27-26?/t43-,44-,45+,47+,48+,49+,50-,51+,52-,54-,55+,56+,57-,59-,60+,61-,62-/m1/s1. The van der Waals surface area contributed by atoms with Crippen molar-refractivity contribution in [2.75, 3.05) is 6.61 Å². The van der Waals surface area contributed by atoms with Crippen LogP contribution in [0.25, 0.3) is 0 Å². The molecule has 7 aliphatic heterocycles. The van der Waals surface area contributed by atoms with E-state index in [0.717, 1.165) is 82.8 Å². The van der Waals surface area contributed by atoms with Crippen LogP contribution in [0.5, 0.6) is 0 Å². The van der Waals surface area contributed by atoms with Gasteiger partial charge in [-0.25, -0.2) is 4.79 Å². The van der Waals surface area contributed by atoms with Crippen molar-refractivity contribution >= 4 is 11.9 Å². The first-order valence-corrected chi connectivity index (χ1v) is 30.3. The topological polar surface area (TPSA) is 189 Å². The molecular weight excluding hydrogens is 969 g/mol. The lowest BCUT2D eigenvalue weighted by molar-refractivity contribution is -0.322. The van der Waals surface area contributed by atoms with Crippen molar-refractivity contribution in [2.24, 2.45) is 17.8 Å². The Morgan fingerprint density at radius 2 is 1.57 bits per heavy atom. The van der Waals surface area contributed by atoms with E-state index in [1.807, 2.05) is 13.0 Å². The lowest BCUT2D eigenvalue weighted by Gasteiger charge is -2.50. The molecule has 14 nitrogen and oxygen atoms in total. The van der Waals surface area contributed by atoms with E-state index in [1.165, 1.54) is 51.9 Å². The van der Waals surface area contributed by atoms with Gasteiger partial charge in [0.05, 0.1) is 43.2 Å². The van der Waals surface area contributed by atoms with Gasteiger partial charge in [0.25, 0.3) is 0 Å². The molecule has 0 amide bonds. The summed E-state index contributed by atoms with van der Waals surface area (Å²) in [4.78, 5) is 25.5. The summed E-state index contributed by atoms with van der Waals surface area (Å²) < 4.78 is 52.6. The molecule has 17 atom stereocenters. The largest absolute Gasteiger partial charge is 0.479 e. The number of rotatable bonds is 26. The molecule has 7 aliphatic rings. The predicted octanol–water partition coefficient (Wildman–Crippen LogP) is 11.8. The number of allylic oxidation sites excluding steroid dienone is 2. The van der Waals surface area contributed by atoms with E-state index < -0.39 is 71.7 Å². The third-order valence-electron chi connectivity index (χ3n) is 17.9. The lowest BCUT2D eigenvalue weighted by Crippen LogP contribution is -2.60. The van der Waals surface area contributed by atoms with Crippen LogP contribution < -0.4 is 0 Å². The fraction of sp³-hybridized carbons (Fsp3) is 0.839. The van der Waals surface area contributed by atoms with E-state index in [0.29, 0.717) is 62.9 Å². The molecule has 0 radical (unpaired) electrons. The van der Waals surface area contributed by atoms with Crippen molar-refractivity contribution in [3.05, 3.63) is 48.1 Å². The molecule has 0 aromatic heterocycles. The Bertz CT molecular complexity index is 1940. The van der Waals surface area contributed by atoms with Crippen molar-refractivity contribution in [1.29, 1.82) is 0 Å². The fourth-order valence-electron chi connectivity index (χ4n) is 13.2. The van der Waals surface area contributed by atoms with Crippen LogP contribution in [0.4, 0.5) is 0 Å². The van der Waals surface area contributed by atoms with Crippen LogP contribution in [0.3, 0.4) is 0 Å². The van der Waals surface area contributed by atoms with E-state index in [1.54, 1.807) is 0 Å². The SMILES string of the molecule is C=C1[C@@H](O)[C@@H]2O[C@]3(CC[C@H](C=C[C@@H](C)[C@@H]4CC(C)=C[C@@]5(O[C@H](C[C@@](C)(O)C(=O)O)CC[C@H]5OC(=O)CCCCCCC/C=C\CCCCCCCC)O4)O3)CC[C@H]2O[C@@H]1[C@@H](O)C[C@H](C)[C@H]1O[C@@]2(CCCCO2)CC[C@H]1C. The van der Waals surface area contributed by atoms with Crippen LogP contribution in [0, 0.1) is 17.8 Å². The van der Waals surface area contributed by atoms with Crippen LogP contribution in [0.15, 0.2) is 48.1 Å². The predicted molar refractivity (Wildman–Crippen MR) is 291 cm³/mol. The molecule has 76 heavy (non-hydrogen) atoms. The molecule has 0 aromatic carbocycles. The Hall–Kier alpha value is -2.50. The second-order valence-corrected chi connectivity index (χ2v) is 24.7. The summed E-state index contributed by atoms with van der Waals surface area (Å²) >= 11 is 0. The first-order chi connectivity index (χ1) is 36.4. The summed E-state index contributed by atoms with van der Waals surface area (Å²) in [7, 11) is 0. The Kier molecular flexibility index (Phi) is 22.7. The third kappa shape index (κ3) is 16.3. The molecule has 0 bridgehead atoms. The van der Waals surface area contributed by atoms with Crippen molar-refractivity contribution in [3.63, 3.8) is 0 Å².